The van der Waals surface area contributed by atoms with Crippen LogP contribution in [-0.4, -0.2) is 17.4 Å². The van der Waals surface area contributed by atoms with Gasteiger partial charge in [-0.25, -0.2) is 4.39 Å². The van der Waals surface area contributed by atoms with Crippen LogP contribution in [0.25, 0.3) is 6.08 Å². The molecule has 0 unspecified atom stereocenters. The van der Waals surface area contributed by atoms with Crippen molar-refractivity contribution < 1.29 is 19.1 Å². The molecule has 0 amide bonds. The molecule has 0 bridgehead atoms. The van der Waals surface area contributed by atoms with Crippen LogP contribution >= 0.6 is 0 Å². The third kappa shape index (κ3) is 3.72. The highest BCUT2D eigenvalue weighted by molar-refractivity contribution is 5.76. The predicted octanol–water partition coefficient (Wildman–Crippen LogP) is 2.13. The lowest BCUT2D eigenvalue weighted by Gasteiger charge is -1.96. The first-order chi connectivity index (χ1) is 7.11. The lowest BCUT2D eigenvalue weighted by molar-refractivity contribution is -0.135. The van der Waals surface area contributed by atoms with Crippen molar-refractivity contribution in [2.24, 2.45) is 0 Å². The van der Waals surface area contributed by atoms with Crippen molar-refractivity contribution in [2.45, 2.75) is 6.42 Å². The highest BCUT2D eigenvalue weighted by Crippen LogP contribution is 2.09. The average Bonchev–Trinajstić information content (AvgIpc) is 2.16. The van der Waals surface area contributed by atoms with E-state index >= 15 is 0 Å². The molecule has 0 heterocycles. The Kier molecular flexibility index (Phi) is 3.74. The van der Waals surface area contributed by atoms with Crippen molar-refractivity contribution in [1.82, 2.24) is 0 Å². The lowest BCUT2D eigenvalue weighted by atomic mass is 10.1. The molecule has 0 aliphatic heterocycles. The van der Waals surface area contributed by atoms with Gasteiger partial charge in [-0.15, -0.1) is 0 Å². The summed E-state index contributed by atoms with van der Waals surface area (Å²) in [7, 11) is 0. The fraction of sp³-hybridized carbons (Fsp3) is 0.0909. The highest BCUT2D eigenvalue weighted by Gasteiger charge is 1.97. The fourth-order valence-electron chi connectivity index (χ4n) is 1.10. The number of hydrogen-bond acceptors (Lipinski definition) is 2. The summed E-state index contributed by atoms with van der Waals surface area (Å²) in [5.74, 6) is -1.48. The summed E-state index contributed by atoms with van der Waals surface area (Å²) in [5.41, 5.74) is 0.698. The first kappa shape index (κ1) is 11.1. The molecule has 4 heteroatoms. The van der Waals surface area contributed by atoms with E-state index in [0.29, 0.717) is 11.8 Å². The second kappa shape index (κ2) is 5.05. The third-order valence-corrected chi connectivity index (χ3v) is 1.68. The van der Waals surface area contributed by atoms with E-state index in [4.69, 9.17) is 5.11 Å². The smallest absolute Gasteiger partial charge is 0.307 e. The van der Waals surface area contributed by atoms with Crippen molar-refractivity contribution in [3.05, 3.63) is 41.2 Å². The Morgan fingerprint density at radius 2 is 2.00 bits per heavy atom. The summed E-state index contributed by atoms with van der Waals surface area (Å²) in [6, 6.07) is 3.82. The first-order valence-corrected chi connectivity index (χ1v) is 4.26. The number of aldehydes is 1. The Bertz CT molecular complexity index is 410. The molecule has 0 aliphatic carbocycles. The minimum atomic E-state index is -0.960. The van der Waals surface area contributed by atoms with Gasteiger partial charge >= 0.3 is 5.97 Å². The second-order valence-electron chi connectivity index (χ2n) is 2.94. The van der Waals surface area contributed by atoms with Crippen LogP contribution in [0, 0.1) is 5.82 Å². The number of halogens is 1. The Balaban J connectivity index is 2.85. The van der Waals surface area contributed by atoms with Gasteiger partial charge in [-0.05, 0) is 23.8 Å². The number of carboxylic acid groups (broad SMARTS) is 1. The Hall–Kier alpha value is -1.97. The van der Waals surface area contributed by atoms with Gasteiger partial charge in [0.1, 0.15) is 12.1 Å². The van der Waals surface area contributed by atoms with E-state index < -0.39 is 11.8 Å². The predicted molar refractivity (Wildman–Crippen MR) is 53.1 cm³/mol. The third-order valence-electron chi connectivity index (χ3n) is 1.68. The van der Waals surface area contributed by atoms with Crippen LogP contribution in [0.1, 0.15) is 22.3 Å². The Morgan fingerprint density at radius 1 is 1.33 bits per heavy atom. The summed E-state index contributed by atoms with van der Waals surface area (Å²) < 4.78 is 12.9. The number of benzene rings is 1. The molecule has 0 radical (unpaired) electrons. The van der Waals surface area contributed by atoms with Crippen LogP contribution in [-0.2, 0) is 4.79 Å². The molecule has 1 aromatic carbocycles. The summed E-state index contributed by atoms with van der Waals surface area (Å²) in [4.78, 5) is 20.6. The molecule has 0 saturated heterocycles. The van der Waals surface area contributed by atoms with Crippen molar-refractivity contribution in [2.75, 3.05) is 0 Å². The van der Waals surface area contributed by atoms with E-state index in [1.54, 1.807) is 0 Å². The molecule has 78 valence electrons. The number of carboxylic acids is 1. The maximum Gasteiger partial charge on any atom is 0.307 e. The Labute approximate surface area is 85.8 Å². The van der Waals surface area contributed by atoms with Crippen LogP contribution in [0.15, 0.2) is 24.3 Å². The van der Waals surface area contributed by atoms with E-state index in [1.165, 1.54) is 24.3 Å². The van der Waals surface area contributed by atoms with Crippen LogP contribution in [0.4, 0.5) is 4.39 Å². The number of hydrogen-bond donors (Lipinski definition) is 1. The second-order valence-corrected chi connectivity index (χ2v) is 2.94. The van der Waals surface area contributed by atoms with Gasteiger partial charge in [0.15, 0.2) is 0 Å². The van der Waals surface area contributed by atoms with Crippen LogP contribution in [0.3, 0.4) is 0 Å². The van der Waals surface area contributed by atoms with Crippen LogP contribution in [0.5, 0.6) is 0 Å². The fourth-order valence-corrected chi connectivity index (χ4v) is 1.10. The van der Waals surface area contributed by atoms with Crippen molar-refractivity contribution in [3.63, 3.8) is 0 Å². The molecule has 1 rings (SSSR count). The zero-order chi connectivity index (χ0) is 11.3. The van der Waals surface area contributed by atoms with Gasteiger partial charge in [-0.1, -0.05) is 12.2 Å². The minimum absolute atomic E-state index is 0.132. The molecule has 0 atom stereocenters. The minimum Gasteiger partial charge on any atom is -0.481 e. The molecule has 0 saturated carbocycles. The van der Waals surface area contributed by atoms with Gasteiger partial charge in [0.2, 0.25) is 0 Å². The zero-order valence-corrected chi connectivity index (χ0v) is 7.81. The van der Waals surface area contributed by atoms with Gasteiger partial charge < -0.3 is 5.11 Å². The first-order valence-electron chi connectivity index (χ1n) is 4.26. The maximum atomic E-state index is 12.9. The molecular weight excluding hydrogens is 199 g/mol. The van der Waals surface area contributed by atoms with Gasteiger partial charge in [0, 0.05) is 5.56 Å². The monoisotopic (exact) mass is 208 g/mol. The van der Waals surface area contributed by atoms with E-state index in [-0.39, 0.29) is 12.0 Å². The summed E-state index contributed by atoms with van der Waals surface area (Å²) in [5, 5.41) is 8.37. The SMILES string of the molecule is O=Cc1cc(F)cc(C=CCC(=O)O)c1. The normalized spacial score (nSPS) is 10.5. The van der Waals surface area contributed by atoms with Gasteiger partial charge in [-0.3, -0.25) is 9.59 Å². The van der Waals surface area contributed by atoms with Crippen molar-refractivity contribution in [3.8, 4) is 0 Å². The molecule has 15 heavy (non-hydrogen) atoms. The number of carbonyl (C=O) groups is 2. The zero-order valence-electron chi connectivity index (χ0n) is 7.81. The molecular formula is C11H9FO3. The number of carbonyl (C=O) groups excluding carboxylic acids is 1. The highest BCUT2D eigenvalue weighted by atomic mass is 19.1. The molecule has 0 aliphatic rings. The molecule has 0 fully saturated rings. The van der Waals surface area contributed by atoms with Crippen LogP contribution in [0.2, 0.25) is 0 Å². The van der Waals surface area contributed by atoms with Gasteiger partial charge in [0.05, 0.1) is 6.42 Å². The molecule has 3 nitrogen and oxygen atoms in total. The van der Waals surface area contributed by atoms with E-state index in [1.807, 2.05) is 0 Å². The van der Waals surface area contributed by atoms with E-state index in [0.717, 1.165) is 6.07 Å². The van der Waals surface area contributed by atoms with E-state index in [9.17, 15) is 14.0 Å². The van der Waals surface area contributed by atoms with Crippen LogP contribution < -0.4 is 0 Å². The van der Waals surface area contributed by atoms with Gasteiger partial charge in [0.25, 0.3) is 0 Å². The molecule has 1 aromatic rings. The molecule has 0 aromatic heterocycles. The van der Waals surface area contributed by atoms with E-state index in [2.05, 4.69) is 0 Å². The summed E-state index contributed by atoms with van der Waals surface area (Å²) in [6.45, 7) is 0. The number of rotatable bonds is 4. The Morgan fingerprint density at radius 3 is 2.60 bits per heavy atom. The molecule has 0 spiro atoms. The number of aliphatic carboxylic acids is 1. The average molecular weight is 208 g/mol. The van der Waals surface area contributed by atoms with Crippen molar-refractivity contribution >= 4 is 18.3 Å². The lowest BCUT2D eigenvalue weighted by Crippen LogP contribution is -1.90. The summed E-state index contributed by atoms with van der Waals surface area (Å²) in [6.07, 6.45) is 3.26. The quantitative estimate of drug-likeness (QED) is 0.771. The topological polar surface area (TPSA) is 54.4 Å². The standard InChI is InChI=1S/C11H9FO3/c12-10-5-8(2-1-3-11(14)15)4-9(6-10)7-13/h1-2,4-7H,3H2,(H,14,15). The molecule has 1 N–H and O–H groups in total. The van der Waals surface area contributed by atoms with Crippen molar-refractivity contribution in [1.29, 1.82) is 0 Å². The summed E-state index contributed by atoms with van der Waals surface area (Å²) >= 11 is 0. The van der Waals surface area contributed by atoms with Gasteiger partial charge in [-0.2, -0.15) is 0 Å². The largest absolute Gasteiger partial charge is 0.481 e. The maximum absolute atomic E-state index is 12.9.